The summed E-state index contributed by atoms with van der Waals surface area (Å²) in [5.74, 6) is 0.220. The van der Waals surface area contributed by atoms with Crippen LogP contribution in [0.15, 0.2) is 72.8 Å². The summed E-state index contributed by atoms with van der Waals surface area (Å²) in [6.45, 7) is 0. The van der Waals surface area contributed by atoms with E-state index in [0.29, 0.717) is 16.9 Å². The number of aliphatic hydroxyl groups is 1. The first-order valence-electron chi connectivity index (χ1n) is 8.25. The molecule has 0 bridgehead atoms. The zero-order valence-corrected chi connectivity index (χ0v) is 13.9. The van der Waals surface area contributed by atoms with E-state index in [-0.39, 0.29) is 0 Å². The molecule has 0 saturated heterocycles. The van der Waals surface area contributed by atoms with Gasteiger partial charge in [0.2, 0.25) is 5.91 Å². The highest BCUT2D eigenvalue weighted by atomic mass is 16.3. The average molecular weight is 343 g/mol. The van der Waals surface area contributed by atoms with E-state index in [1.807, 2.05) is 54.6 Å². The molecule has 5 heteroatoms. The van der Waals surface area contributed by atoms with Crippen LogP contribution in [0.25, 0.3) is 22.4 Å². The molecule has 0 spiro atoms. The van der Waals surface area contributed by atoms with Gasteiger partial charge in [0, 0.05) is 11.1 Å². The minimum Gasteiger partial charge on any atom is -0.384 e. The number of H-pyrrole nitrogens is 1. The van der Waals surface area contributed by atoms with Crippen LogP contribution in [0.3, 0.4) is 0 Å². The smallest absolute Gasteiger partial charge is 0.248 e. The van der Waals surface area contributed by atoms with Crippen LogP contribution in [0.5, 0.6) is 0 Å². The zero-order valence-electron chi connectivity index (χ0n) is 13.9. The lowest BCUT2D eigenvalue weighted by Crippen LogP contribution is -2.10. The van der Waals surface area contributed by atoms with Crippen molar-refractivity contribution < 1.29 is 9.90 Å². The number of hydrogen-bond acceptors (Lipinski definition) is 3. The number of aromatic amines is 1. The van der Waals surface area contributed by atoms with Crippen LogP contribution in [-0.4, -0.2) is 21.0 Å². The number of nitrogens with two attached hydrogens (primary N) is 1. The van der Waals surface area contributed by atoms with E-state index in [9.17, 15) is 9.90 Å². The van der Waals surface area contributed by atoms with Crippen LogP contribution in [0.2, 0.25) is 0 Å². The van der Waals surface area contributed by atoms with Crippen molar-refractivity contribution in [1.29, 1.82) is 0 Å². The molecule has 4 N–H and O–H groups in total. The van der Waals surface area contributed by atoms with E-state index < -0.39 is 12.0 Å². The number of hydrogen-bond donors (Lipinski definition) is 3. The van der Waals surface area contributed by atoms with Gasteiger partial charge in [0.15, 0.2) is 0 Å². The van der Waals surface area contributed by atoms with Crippen molar-refractivity contribution in [3.8, 4) is 11.4 Å². The van der Waals surface area contributed by atoms with E-state index in [2.05, 4.69) is 9.97 Å². The molecular formula is C21H17N3O2. The zero-order chi connectivity index (χ0) is 18.1. The number of aliphatic hydroxyl groups excluding tert-OH is 1. The number of nitrogens with one attached hydrogen (secondary N) is 1. The molecule has 128 valence electrons. The first kappa shape index (κ1) is 16.1. The highest BCUT2D eigenvalue weighted by molar-refractivity contribution is 5.96. The second-order valence-electron chi connectivity index (χ2n) is 6.12. The number of nitrogens with zero attached hydrogens (tertiary/aromatic N) is 1. The van der Waals surface area contributed by atoms with E-state index in [1.165, 1.54) is 0 Å². The Bertz CT molecular complexity index is 1070. The number of amides is 1. The minimum absolute atomic E-state index is 0.428. The number of carbonyl (C=O) groups excluding carboxylic acids is 1. The van der Waals surface area contributed by atoms with Gasteiger partial charge in [0.05, 0.1) is 11.0 Å². The van der Waals surface area contributed by atoms with Gasteiger partial charge in [0.25, 0.3) is 0 Å². The summed E-state index contributed by atoms with van der Waals surface area (Å²) in [4.78, 5) is 19.1. The molecule has 0 saturated carbocycles. The number of imidazole rings is 1. The first-order valence-corrected chi connectivity index (χ1v) is 8.25. The fourth-order valence-corrected chi connectivity index (χ4v) is 2.95. The Kier molecular flexibility index (Phi) is 3.99. The van der Waals surface area contributed by atoms with Gasteiger partial charge >= 0.3 is 0 Å². The third kappa shape index (κ3) is 2.96. The summed E-state index contributed by atoms with van der Waals surface area (Å²) in [6, 6.07) is 22.2. The van der Waals surface area contributed by atoms with Crippen molar-refractivity contribution in [3.05, 3.63) is 89.5 Å². The average Bonchev–Trinajstić information content (AvgIpc) is 3.11. The van der Waals surface area contributed by atoms with Crippen LogP contribution in [0, 0.1) is 0 Å². The molecule has 3 aromatic carbocycles. The summed E-state index contributed by atoms with van der Waals surface area (Å²) >= 11 is 0. The predicted molar refractivity (Wildman–Crippen MR) is 101 cm³/mol. The van der Waals surface area contributed by atoms with Crippen molar-refractivity contribution >= 4 is 16.9 Å². The molecule has 4 rings (SSSR count). The molecule has 1 amide bonds. The monoisotopic (exact) mass is 343 g/mol. The van der Waals surface area contributed by atoms with Crippen LogP contribution < -0.4 is 5.73 Å². The lowest BCUT2D eigenvalue weighted by atomic mass is 10.0. The molecule has 1 aromatic heterocycles. The number of primary amides is 1. The van der Waals surface area contributed by atoms with Gasteiger partial charge in [0.1, 0.15) is 11.9 Å². The Balaban J connectivity index is 1.64. The van der Waals surface area contributed by atoms with Gasteiger partial charge in [-0.3, -0.25) is 4.79 Å². The van der Waals surface area contributed by atoms with Gasteiger partial charge in [-0.2, -0.15) is 0 Å². The molecule has 4 aromatic rings. The third-order valence-electron chi connectivity index (χ3n) is 4.38. The normalized spacial score (nSPS) is 12.2. The van der Waals surface area contributed by atoms with Crippen molar-refractivity contribution in [2.75, 3.05) is 0 Å². The third-order valence-corrected chi connectivity index (χ3v) is 4.38. The molecule has 26 heavy (non-hydrogen) atoms. The standard InChI is InChI=1S/C21H17N3O2/c22-20(26)16-10-11-17-18(12-16)24-21(23-17)15-8-6-14(7-9-15)19(25)13-4-2-1-3-5-13/h1-12,19,25H,(H2,22,26)(H,23,24). The SMILES string of the molecule is NC(=O)c1ccc2[nH]c(-c3ccc(C(O)c4ccccc4)cc3)nc2c1. The Morgan fingerprint density at radius 3 is 2.35 bits per heavy atom. The summed E-state index contributed by atoms with van der Waals surface area (Å²) in [6.07, 6.45) is -0.668. The van der Waals surface area contributed by atoms with Crippen LogP contribution in [-0.2, 0) is 0 Å². The molecule has 1 unspecified atom stereocenters. The van der Waals surface area contributed by atoms with Crippen molar-refractivity contribution in [2.45, 2.75) is 6.10 Å². The van der Waals surface area contributed by atoms with Crippen LogP contribution in [0.1, 0.15) is 27.6 Å². The summed E-state index contributed by atoms with van der Waals surface area (Å²) in [5.41, 5.74) is 9.82. The van der Waals surface area contributed by atoms with Gasteiger partial charge < -0.3 is 15.8 Å². The number of carbonyl (C=O) groups is 1. The maximum Gasteiger partial charge on any atom is 0.248 e. The fraction of sp³-hybridized carbons (Fsp3) is 0.0476. The van der Waals surface area contributed by atoms with Gasteiger partial charge in [-0.05, 0) is 29.3 Å². The second kappa shape index (κ2) is 6.46. The summed E-state index contributed by atoms with van der Waals surface area (Å²) < 4.78 is 0. The summed E-state index contributed by atoms with van der Waals surface area (Å²) in [5, 5.41) is 10.5. The van der Waals surface area contributed by atoms with Gasteiger partial charge in [-0.1, -0.05) is 54.6 Å². The largest absolute Gasteiger partial charge is 0.384 e. The Hall–Kier alpha value is -3.44. The highest BCUT2D eigenvalue weighted by Crippen LogP contribution is 2.26. The lowest BCUT2D eigenvalue weighted by Gasteiger charge is -2.11. The quantitative estimate of drug-likeness (QED) is 0.530. The molecule has 0 aliphatic heterocycles. The van der Waals surface area contributed by atoms with Gasteiger partial charge in [-0.25, -0.2) is 4.98 Å². The number of benzene rings is 3. The van der Waals surface area contributed by atoms with E-state index in [1.54, 1.807) is 18.2 Å². The molecule has 5 nitrogen and oxygen atoms in total. The highest BCUT2D eigenvalue weighted by Gasteiger charge is 2.12. The van der Waals surface area contributed by atoms with E-state index in [0.717, 1.165) is 22.2 Å². The van der Waals surface area contributed by atoms with Crippen molar-refractivity contribution in [3.63, 3.8) is 0 Å². The van der Waals surface area contributed by atoms with E-state index >= 15 is 0 Å². The van der Waals surface area contributed by atoms with Crippen molar-refractivity contribution in [1.82, 2.24) is 9.97 Å². The Morgan fingerprint density at radius 2 is 1.65 bits per heavy atom. The summed E-state index contributed by atoms with van der Waals surface area (Å²) in [7, 11) is 0. The maximum atomic E-state index is 11.3. The Labute approximate surface area is 150 Å². The molecule has 1 atom stereocenters. The Morgan fingerprint density at radius 1 is 0.962 bits per heavy atom. The second-order valence-corrected chi connectivity index (χ2v) is 6.12. The number of aromatic nitrogens is 2. The molecule has 0 aliphatic rings. The topological polar surface area (TPSA) is 92.0 Å². The van der Waals surface area contributed by atoms with Gasteiger partial charge in [-0.15, -0.1) is 0 Å². The number of fused-ring (bicyclic) bond motifs is 1. The molecule has 0 aliphatic carbocycles. The molecular weight excluding hydrogens is 326 g/mol. The van der Waals surface area contributed by atoms with Crippen molar-refractivity contribution in [2.24, 2.45) is 5.73 Å². The molecule has 0 radical (unpaired) electrons. The predicted octanol–water partition coefficient (Wildman–Crippen LogP) is 3.41. The lowest BCUT2D eigenvalue weighted by molar-refractivity contribution is 0.100. The van der Waals surface area contributed by atoms with E-state index in [4.69, 9.17) is 5.73 Å². The minimum atomic E-state index is -0.668. The molecule has 1 heterocycles. The first-order chi connectivity index (χ1) is 12.6. The van der Waals surface area contributed by atoms with Crippen LogP contribution >= 0.6 is 0 Å². The maximum absolute atomic E-state index is 11.3. The number of rotatable bonds is 4. The van der Waals surface area contributed by atoms with Crippen LogP contribution in [0.4, 0.5) is 0 Å². The molecule has 0 fully saturated rings. The fourth-order valence-electron chi connectivity index (χ4n) is 2.95.